The zero-order valence-electron chi connectivity index (χ0n) is 15.6. The predicted molar refractivity (Wildman–Crippen MR) is 100 cm³/mol. The number of amides is 1. The first kappa shape index (κ1) is 20.2. The number of carbonyl (C=O) groups excluding carboxylic acids is 1. The molecule has 150 valence electrons. The SMILES string of the molecule is CS(=O)(=O)N1CCC[C@@H]1CNC(=O)C1(Cc2cccc(F)c2)CCOCC1. The van der Waals surface area contributed by atoms with Crippen LogP contribution in [-0.2, 0) is 26.0 Å². The van der Waals surface area contributed by atoms with Gasteiger partial charge in [-0.05, 0) is 49.8 Å². The van der Waals surface area contributed by atoms with Crippen LogP contribution < -0.4 is 5.32 Å². The summed E-state index contributed by atoms with van der Waals surface area (Å²) in [6.07, 6.45) is 4.33. The van der Waals surface area contributed by atoms with E-state index in [0.717, 1.165) is 18.4 Å². The van der Waals surface area contributed by atoms with E-state index in [9.17, 15) is 17.6 Å². The molecule has 1 aromatic rings. The topological polar surface area (TPSA) is 75.7 Å². The van der Waals surface area contributed by atoms with Crippen molar-refractivity contribution < 1.29 is 22.3 Å². The zero-order valence-corrected chi connectivity index (χ0v) is 16.4. The molecular formula is C19H27FN2O4S. The highest BCUT2D eigenvalue weighted by molar-refractivity contribution is 7.88. The molecule has 2 aliphatic rings. The number of nitrogens with one attached hydrogen (secondary N) is 1. The monoisotopic (exact) mass is 398 g/mol. The first-order valence-corrected chi connectivity index (χ1v) is 11.2. The van der Waals surface area contributed by atoms with E-state index in [-0.39, 0.29) is 17.8 Å². The van der Waals surface area contributed by atoms with Crippen LogP contribution in [0.2, 0.25) is 0 Å². The Kier molecular flexibility index (Phi) is 6.18. The molecule has 1 atom stereocenters. The molecule has 0 aromatic heterocycles. The minimum absolute atomic E-state index is 0.101. The van der Waals surface area contributed by atoms with Crippen LogP contribution >= 0.6 is 0 Å². The molecule has 6 nitrogen and oxygen atoms in total. The molecule has 1 aromatic carbocycles. The van der Waals surface area contributed by atoms with Crippen LogP contribution in [0.1, 0.15) is 31.2 Å². The van der Waals surface area contributed by atoms with Crippen LogP contribution in [0.15, 0.2) is 24.3 Å². The van der Waals surface area contributed by atoms with Gasteiger partial charge in [0, 0.05) is 32.3 Å². The predicted octanol–water partition coefficient (Wildman–Crippen LogP) is 1.71. The Hall–Kier alpha value is -1.51. The second-order valence-corrected chi connectivity index (χ2v) is 9.51. The molecule has 0 radical (unpaired) electrons. The highest BCUT2D eigenvalue weighted by Crippen LogP contribution is 2.35. The molecule has 1 N–H and O–H groups in total. The quantitative estimate of drug-likeness (QED) is 0.792. The lowest BCUT2D eigenvalue weighted by Gasteiger charge is -2.36. The van der Waals surface area contributed by atoms with Gasteiger partial charge in [0.05, 0.1) is 11.7 Å². The Labute approximate surface area is 160 Å². The molecule has 8 heteroatoms. The first-order valence-electron chi connectivity index (χ1n) is 9.37. The minimum Gasteiger partial charge on any atom is -0.381 e. The number of carbonyl (C=O) groups is 1. The normalized spacial score (nSPS) is 23.3. The molecule has 0 unspecified atom stereocenters. The van der Waals surface area contributed by atoms with Crippen molar-refractivity contribution in [1.82, 2.24) is 9.62 Å². The van der Waals surface area contributed by atoms with Gasteiger partial charge in [-0.1, -0.05) is 12.1 Å². The summed E-state index contributed by atoms with van der Waals surface area (Å²) < 4.78 is 44.2. The second-order valence-electron chi connectivity index (χ2n) is 7.58. The highest BCUT2D eigenvalue weighted by atomic mass is 32.2. The van der Waals surface area contributed by atoms with Crippen LogP contribution in [0.4, 0.5) is 4.39 Å². The van der Waals surface area contributed by atoms with Crippen molar-refractivity contribution in [2.75, 3.05) is 32.6 Å². The summed E-state index contributed by atoms with van der Waals surface area (Å²) in [6, 6.07) is 6.14. The fraction of sp³-hybridized carbons (Fsp3) is 0.632. The summed E-state index contributed by atoms with van der Waals surface area (Å²) in [6.45, 7) is 1.78. The van der Waals surface area contributed by atoms with Gasteiger partial charge in [0.2, 0.25) is 15.9 Å². The highest BCUT2D eigenvalue weighted by Gasteiger charge is 2.41. The molecule has 0 bridgehead atoms. The maximum Gasteiger partial charge on any atom is 0.226 e. The van der Waals surface area contributed by atoms with Crippen LogP contribution in [-0.4, -0.2) is 57.2 Å². The number of hydrogen-bond donors (Lipinski definition) is 1. The van der Waals surface area contributed by atoms with Gasteiger partial charge in [0.15, 0.2) is 0 Å². The Balaban J connectivity index is 1.70. The van der Waals surface area contributed by atoms with Crippen LogP contribution in [0.3, 0.4) is 0 Å². The van der Waals surface area contributed by atoms with E-state index >= 15 is 0 Å². The first-order chi connectivity index (χ1) is 12.8. The molecule has 1 amide bonds. The van der Waals surface area contributed by atoms with Gasteiger partial charge in [-0.3, -0.25) is 4.79 Å². The van der Waals surface area contributed by atoms with Crippen molar-refractivity contribution in [1.29, 1.82) is 0 Å². The standard InChI is InChI=1S/C19H27FN2O4S/c1-27(24,25)22-9-3-6-17(22)14-21-18(23)19(7-10-26-11-8-19)13-15-4-2-5-16(20)12-15/h2,4-5,12,17H,3,6-11,13-14H2,1H3,(H,21,23)/t17-/m1/s1. The Morgan fingerprint density at radius 2 is 2.11 bits per heavy atom. The Bertz CT molecular complexity index is 778. The molecule has 2 fully saturated rings. The van der Waals surface area contributed by atoms with Crippen molar-refractivity contribution in [3.8, 4) is 0 Å². The third-order valence-corrected chi connectivity index (χ3v) is 6.94. The lowest BCUT2D eigenvalue weighted by molar-refractivity contribution is -0.136. The third kappa shape index (κ3) is 4.86. The van der Waals surface area contributed by atoms with Crippen molar-refractivity contribution in [3.05, 3.63) is 35.6 Å². The smallest absolute Gasteiger partial charge is 0.226 e. The molecule has 3 rings (SSSR count). The fourth-order valence-corrected chi connectivity index (χ4v) is 5.31. The van der Waals surface area contributed by atoms with E-state index in [0.29, 0.717) is 45.6 Å². The van der Waals surface area contributed by atoms with Crippen LogP contribution in [0.25, 0.3) is 0 Å². The average molecular weight is 399 g/mol. The van der Waals surface area contributed by atoms with Crippen molar-refractivity contribution >= 4 is 15.9 Å². The van der Waals surface area contributed by atoms with Gasteiger partial charge in [-0.2, -0.15) is 4.31 Å². The molecule has 27 heavy (non-hydrogen) atoms. The number of sulfonamides is 1. The average Bonchev–Trinajstić information content (AvgIpc) is 3.09. The summed E-state index contributed by atoms with van der Waals surface area (Å²) in [5.74, 6) is -0.416. The molecule has 2 heterocycles. The van der Waals surface area contributed by atoms with Crippen LogP contribution in [0, 0.1) is 11.2 Å². The Morgan fingerprint density at radius 3 is 2.78 bits per heavy atom. The van der Waals surface area contributed by atoms with Gasteiger partial charge in [-0.25, -0.2) is 12.8 Å². The lowest BCUT2D eigenvalue weighted by Crippen LogP contribution is -2.50. The molecule has 0 spiro atoms. The summed E-state index contributed by atoms with van der Waals surface area (Å²) in [5, 5.41) is 2.98. The van der Waals surface area contributed by atoms with Crippen LogP contribution in [0.5, 0.6) is 0 Å². The number of halogens is 1. The van der Waals surface area contributed by atoms with Gasteiger partial charge >= 0.3 is 0 Å². The second kappa shape index (κ2) is 8.24. The number of benzene rings is 1. The van der Waals surface area contributed by atoms with Gasteiger partial charge < -0.3 is 10.1 Å². The van der Waals surface area contributed by atoms with Crippen molar-refractivity contribution in [2.45, 2.75) is 38.1 Å². The molecule has 0 saturated carbocycles. The van der Waals surface area contributed by atoms with E-state index in [2.05, 4.69) is 5.32 Å². The summed E-state index contributed by atoms with van der Waals surface area (Å²) in [4.78, 5) is 13.1. The van der Waals surface area contributed by atoms with E-state index in [1.165, 1.54) is 22.7 Å². The van der Waals surface area contributed by atoms with Crippen molar-refractivity contribution in [2.24, 2.45) is 5.41 Å². The van der Waals surface area contributed by atoms with E-state index < -0.39 is 15.4 Å². The summed E-state index contributed by atoms with van der Waals surface area (Å²) in [7, 11) is -3.27. The summed E-state index contributed by atoms with van der Waals surface area (Å²) >= 11 is 0. The van der Waals surface area contributed by atoms with E-state index in [4.69, 9.17) is 4.74 Å². The zero-order chi connectivity index (χ0) is 19.5. The molecule has 2 aliphatic heterocycles. The maximum atomic E-state index is 13.6. The Morgan fingerprint density at radius 1 is 1.37 bits per heavy atom. The van der Waals surface area contributed by atoms with Gasteiger partial charge in [-0.15, -0.1) is 0 Å². The fourth-order valence-electron chi connectivity index (χ4n) is 4.13. The maximum absolute atomic E-state index is 13.6. The lowest BCUT2D eigenvalue weighted by atomic mass is 9.74. The van der Waals surface area contributed by atoms with Gasteiger partial charge in [0.1, 0.15) is 5.82 Å². The van der Waals surface area contributed by atoms with Crippen molar-refractivity contribution in [3.63, 3.8) is 0 Å². The summed E-state index contributed by atoms with van der Waals surface area (Å²) in [5.41, 5.74) is 0.131. The third-order valence-electron chi connectivity index (χ3n) is 5.61. The molecular weight excluding hydrogens is 371 g/mol. The number of ether oxygens (including phenoxy) is 1. The number of rotatable bonds is 6. The molecule has 2 saturated heterocycles. The number of hydrogen-bond acceptors (Lipinski definition) is 4. The van der Waals surface area contributed by atoms with E-state index in [1.54, 1.807) is 6.07 Å². The number of nitrogens with zero attached hydrogens (tertiary/aromatic N) is 1. The molecule has 0 aliphatic carbocycles. The van der Waals surface area contributed by atoms with E-state index in [1.807, 2.05) is 6.07 Å². The van der Waals surface area contributed by atoms with Gasteiger partial charge in [0.25, 0.3) is 0 Å². The largest absolute Gasteiger partial charge is 0.381 e. The minimum atomic E-state index is -3.27.